The third kappa shape index (κ3) is 2.19. The first-order valence-corrected chi connectivity index (χ1v) is 5.81. The summed E-state index contributed by atoms with van der Waals surface area (Å²) >= 11 is 0. The lowest BCUT2D eigenvalue weighted by Crippen LogP contribution is -2.10. The molecule has 0 bridgehead atoms. The van der Waals surface area contributed by atoms with Gasteiger partial charge in [0, 0.05) is 11.9 Å². The Hall–Kier alpha value is -1.94. The van der Waals surface area contributed by atoms with Crippen molar-refractivity contribution in [3.8, 4) is 0 Å². The molecule has 2 aromatic rings. The first kappa shape index (κ1) is 12.5. The van der Waals surface area contributed by atoms with E-state index >= 15 is 0 Å². The summed E-state index contributed by atoms with van der Waals surface area (Å²) in [6, 6.07) is 5.55. The highest BCUT2D eigenvalue weighted by Gasteiger charge is 2.13. The van der Waals surface area contributed by atoms with Gasteiger partial charge in [0.15, 0.2) is 0 Å². The smallest absolute Gasteiger partial charge is 0.336 e. The van der Waals surface area contributed by atoms with Crippen LogP contribution in [-0.2, 0) is 6.54 Å². The lowest BCUT2D eigenvalue weighted by atomic mass is 10.0. The Balaban J connectivity index is 2.81. The number of aromatic carboxylic acids is 1. The van der Waals surface area contributed by atoms with Gasteiger partial charge in [-0.2, -0.15) is 0 Å². The van der Waals surface area contributed by atoms with Gasteiger partial charge in [0.2, 0.25) is 0 Å². The summed E-state index contributed by atoms with van der Waals surface area (Å²) in [6.07, 6.45) is 0. The fraction of sp³-hybridized carbons (Fsp3) is 0.286. The highest BCUT2D eigenvalue weighted by Crippen LogP contribution is 2.24. The van der Waals surface area contributed by atoms with Crippen LogP contribution >= 0.6 is 0 Å². The molecule has 0 atom stereocenters. The summed E-state index contributed by atoms with van der Waals surface area (Å²) in [6.45, 7) is 4.46. The number of aryl methyl sites for hydroxylation is 2. The zero-order valence-corrected chi connectivity index (χ0v) is 10.7. The molecule has 18 heavy (non-hydrogen) atoms. The van der Waals surface area contributed by atoms with Gasteiger partial charge < -0.3 is 10.4 Å². The van der Waals surface area contributed by atoms with Crippen molar-refractivity contribution in [2.24, 2.45) is 0 Å². The molecule has 0 amide bonds. The van der Waals surface area contributed by atoms with Crippen LogP contribution in [0.15, 0.2) is 18.2 Å². The van der Waals surface area contributed by atoms with Gasteiger partial charge >= 0.3 is 5.97 Å². The summed E-state index contributed by atoms with van der Waals surface area (Å²) in [7, 11) is 1.81. The average Bonchev–Trinajstić information content (AvgIpc) is 2.27. The number of rotatable bonds is 3. The zero-order chi connectivity index (χ0) is 13.3. The molecule has 0 aliphatic rings. The van der Waals surface area contributed by atoms with E-state index in [1.165, 1.54) is 0 Å². The summed E-state index contributed by atoms with van der Waals surface area (Å²) in [5, 5.41) is 13.0. The predicted molar refractivity (Wildman–Crippen MR) is 70.9 cm³/mol. The molecule has 0 saturated carbocycles. The van der Waals surface area contributed by atoms with E-state index in [4.69, 9.17) is 0 Å². The number of carbonyl (C=O) groups is 1. The molecule has 2 rings (SSSR count). The maximum Gasteiger partial charge on any atom is 0.336 e. The second kappa shape index (κ2) is 4.74. The largest absolute Gasteiger partial charge is 0.478 e. The molecule has 2 N–H and O–H groups in total. The lowest BCUT2D eigenvalue weighted by Gasteiger charge is -2.10. The molecule has 0 fully saturated rings. The molecule has 94 valence electrons. The maximum atomic E-state index is 11.4. The molecule has 1 aromatic heterocycles. The van der Waals surface area contributed by atoms with E-state index in [9.17, 15) is 9.90 Å². The van der Waals surface area contributed by atoms with Crippen molar-refractivity contribution in [2.45, 2.75) is 20.4 Å². The van der Waals surface area contributed by atoms with E-state index in [2.05, 4.69) is 10.3 Å². The average molecular weight is 244 g/mol. The quantitative estimate of drug-likeness (QED) is 0.869. The number of pyridine rings is 1. The normalized spacial score (nSPS) is 10.8. The molecule has 0 radical (unpaired) electrons. The van der Waals surface area contributed by atoms with Gasteiger partial charge in [0.05, 0.1) is 16.8 Å². The van der Waals surface area contributed by atoms with Crippen molar-refractivity contribution in [2.75, 3.05) is 7.05 Å². The van der Waals surface area contributed by atoms with Gasteiger partial charge in [-0.15, -0.1) is 0 Å². The number of benzene rings is 1. The maximum absolute atomic E-state index is 11.4. The minimum Gasteiger partial charge on any atom is -0.478 e. The van der Waals surface area contributed by atoms with E-state index in [-0.39, 0.29) is 0 Å². The molecule has 0 spiro atoms. The zero-order valence-electron chi connectivity index (χ0n) is 10.7. The van der Waals surface area contributed by atoms with E-state index in [1.807, 2.05) is 33.0 Å². The molecule has 4 nitrogen and oxygen atoms in total. The number of nitrogens with one attached hydrogen (secondary N) is 1. The van der Waals surface area contributed by atoms with Crippen molar-refractivity contribution in [1.29, 1.82) is 0 Å². The number of fused-ring (bicyclic) bond motifs is 1. The van der Waals surface area contributed by atoms with Crippen molar-refractivity contribution in [3.63, 3.8) is 0 Å². The number of carboxylic acids is 1. The van der Waals surface area contributed by atoms with E-state index in [0.29, 0.717) is 12.1 Å². The molecule has 0 saturated heterocycles. The number of aromatic nitrogens is 1. The summed E-state index contributed by atoms with van der Waals surface area (Å²) in [4.78, 5) is 15.9. The minimum atomic E-state index is -0.910. The topological polar surface area (TPSA) is 62.2 Å². The minimum absolute atomic E-state index is 0.322. The SMILES string of the molecule is CNCc1cc(C(=O)O)c2c(C)cc(C)cc2n1. The van der Waals surface area contributed by atoms with Gasteiger partial charge in [-0.05, 0) is 44.2 Å². The fourth-order valence-corrected chi connectivity index (χ4v) is 2.25. The predicted octanol–water partition coefficient (Wildman–Crippen LogP) is 2.27. The third-order valence-corrected chi connectivity index (χ3v) is 2.89. The van der Waals surface area contributed by atoms with Crippen LogP contribution < -0.4 is 5.32 Å². The Bertz CT molecular complexity index is 621. The number of nitrogens with zero attached hydrogens (tertiary/aromatic N) is 1. The van der Waals surface area contributed by atoms with Crippen LogP contribution in [0.1, 0.15) is 27.2 Å². The van der Waals surface area contributed by atoms with Gasteiger partial charge in [-0.3, -0.25) is 4.98 Å². The highest BCUT2D eigenvalue weighted by molar-refractivity contribution is 6.04. The summed E-state index contributed by atoms with van der Waals surface area (Å²) < 4.78 is 0. The summed E-state index contributed by atoms with van der Waals surface area (Å²) in [5.74, 6) is -0.910. The van der Waals surface area contributed by atoms with Crippen LogP contribution in [0.5, 0.6) is 0 Å². The summed E-state index contributed by atoms with van der Waals surface area (Å²) in [5.41, 5.74) is 3.85. The van der Waals surface area contributed by atoms with Crippen molar-refractivity contribution in [1.82, 2.24) is 10.3 Å². The standard InChI is InChI=1S/C14H16N2O2/c1-8-4-9(2)13-11(14(17)18)6-10(7-15-3)16-12(13)5-8/h4-6,15H,7H2,1-3H3,(H,17,18). The molecular formula is C14H16N2O2. The third-order valence-electron chi connectivity index (χ3n) is 2.89. The Morgan fingerprint density at radius 3 is 2.67 bits per heavy atom. The number of hydrogen-bond donors (Lipinski definition) is 2. The van der Waals surface area contributed by atoms with Crippen molar-refractivity contribution < 1.29 is 9.90 Å². The molecule has 4 heteroatoms. The van der Waals surface area contributed by atoms with E-state index in [1.54, 1.807) is 6.07 Å². The Morgan fingerprint density at radius 2 is 2.06 bits per heavy atom. The van der Waals surface area contributed by atoms with Crippen LogP contribution in [0.25, 0.3) is 10.9 Å². The van der Waals surface area contributed by atoms with Gasteiger partial charge in [-0.1, -0.05) is 6.07 Å². The first-order valence-electron chi connectivity index (χ1n) is 5.81. The second-order valence-corrected chi connectivity index (χ2v) is 4.47. The van der Waals surface area contributed by atoms with Crippen LogP contribution in [-0.4, -0.2) is 23.1 Å². The lowest BCUT2D eigenvalue weighted by molar-refractivity contribution is 0.0698. The highest BCUT2D eigenvalue weighted by atomic mass is 16.4. The van der Waals surface area contributed by atoms with Gasteiger partial charge in [0.1, 0.15) is 0 Å². The van der Waals surface area contributed by atoms with Crippen LogP contribution in [0, 0.1) is 13.8 Å². The Morgan fingerprint density at radius 1 is 1.33 bits per heavy atom. The van der Waals surface area contributed by atoms with Gasteiger partial charge in [0.25, 0.3) is 0 Å². The molecule has 1 heterocycles. The molecule has 0 aliphatic heterocycles. The van der Waals surface area contributed by atoms with Crippen LogP contribution in [0.2, 0.25) is 0 Å². The Kier molecular flexibility index (Phi) is 3.30. The Labute approximate surface area is 106 Å². The molecular weight excluding hydrogens is 228 g/mol. The van der Waals surface area contributed by atoms with Crippen LogP contribution in [0.3, 0.4) is 0 Å². The van der Waals surface area contributed by atoms with E-state index < -0.39 is 5.97 Å². The van der Waals surface area contributed by atoms with Crippen LogP contribution in [0.4, 0.5) is 0 Å². The molecule has 1 aromatic carbocycles. The van der Waals surface area contributed by atoms with Crippen molar-refractivity contribution >= 4 is 16.9 Å². The van der Waals surface area contributed by atoms with Gasteiger partial charge in [-0.25, -0.2) is 4.79 Å². The molecule has 0 aliphatic carbocycles. The van der Waals surface area contributed by atoms with Crippen molar-refractivity contribution in [3.05, 3.63) is 40.6 Å². The first-order chi connectivity index (χ1) is 8.52. The second-order valence-electron chi connectivity index (χ2n) is 4.47. The number of carboxylic acid groups (broad SMARTS) is 1. The fourth-order valence-electron chi connectivity index (χ4n) is 2.25. The number of hydrogen-bond acceptors (Lipinski definition) is 3. The van der Waals surface area contributed by atoms with E-state index in [0.717, 1.165) is 27.7 Å². The molecule has 0 unspecified atom stereocenters. The monoisotopic (exact) mass is 244 g/mol.